The van der Waals surface area contributed by atoms with E-state index in [4.69, 9.17) is 4.74 Å². The van der Waals surface area contributed by atoms with Crippen LogP contribution in [0.5, 0.6) is 0 Å². The van der Waals surface area contributed by atoms with Gasteiger partial charge in [0.1, 0.15) is 12.4 Å². The van der Waals surface area contributed by atoms with Crippen molar-refractivity contribution in [3.8, 4) is 22.9 Å². The number of aryl methyl sites for hydroxylation is 1. The Morgan fingerprint density at radius 3 is 2.77 bits per heavy atom. The van der Waals surface area contributed by atoms with Crippen LogP contribution in [0.25, 0.3) is 27.8 Å². The Hall–Kier alpha value is -3.21. The summed E-state index contributed by atoms with van der Waals surface area (Å²) >= 11 is 0. The van der Waals surface area contributed by atoms with Gasteiger partial charge in [0.2, 0.25) is 0 Å². The van der Waals surface area contributed by atoms with Gasteiger partial charge in [0.25, 0.3) is 0 Å². The predicted octanol–water partition coefficient (Wildman–Crippen LogP) is 5.38. The Labute approximate surface area is 183 Å². The summed E-state index contributed by atoms with van der Waals surface area (Å²) in [5, 5.41) is 14.8. The minimum atomic E-state index is -1.10. The number of nitrogens with zero attached hydrogens (tertiary/aromatic N) is 5. The number of fused-ring (bicyclic) bond motifs is 1. The van der Waals surface area contributed by atoms with Gasteiger partial charge >= 0.3 is 0 Å². The molecule has 0 bridgehead atoms. The highest BCUT2D eigenvalue weighted by Gasteiger charge is 2.14. The van der Waals surface area contributed by atoms with Crippen molar-refractivity contribution in [1.82, 2.24) is 19.3 Å². The van der Waals surface area contributed by atoms with Crippen LogP contribution in [0.1, 0.15) is 11.1 Å². The molecule has 31 heavy (non-hydrogen) atoms. The minimum absolute atomic E-state index is 0.504. The van der Waals surface area contributed by atoms with Gasteiger partial charge in [-0.2, -0.15) is 10.4 Å². The molecule has 0 saturated heterocycles. The fourth-order valence-corrected chi connectivity index (χ4v) is 4.26. The highest BCUT2D eigenvalue weighted by atomic mass is 28.3. The molecular formula is C24H27N5OSi. The van der Waals surface area contributed by atoms with E-state index in [1.165, 1.54) is 0 Å². The zero-order valence-electron chi connectivity index (χ0n) is 18.5. The standard InChI is InChI=1S/C24H27N5OSi/c1-18-5-6-19(14-25)13-23(18)29-16-20(15-27-29)21-7-9-26-24-22(21)8-10-28(24)17-30-11-12-31(2,3)4/h5-10,13,15-16H,11-12,17H2,1-4H3. The first kappa shape index (κ1) is 21.0. The van der Waals surface area contributed by atoms with Gasteiger partial charge in [0.15, 0.2) is 0 Å². The number of pyridine rings is 1. The number of benzene rings is 1. The van der Waals surface area contributed by atoms with E-state index in [-0.39, 0.29) is 0 Å². The summed E-state index contributed by atoms with van der Waals surface area (Å²) in [6, 6.07) is 13.1. The van der Waals surface area contributed by atoms with Crippen molar-refractivity contribution < 1.29 is 4.74 Å². The lowest BCUT2D eigenvalue weighted by Crippen LogP contribution is -2.22. The van der Waals surface area contributed by atoms with Crippen molar-refractivity contribution in [2.75, 3.05) is 6.61 Å². The van der Waals surface area contributed by atoms with Crippen LogP contribution in [0.2, 0.25) is 25.7 Å². The second kappa shape index (κ2) is 8.50. The molecule has 4 rings (SSSR count). The molecule has 0 aliphatic carbocycles. The van der Waals surface area contributed by atoms with E-state index in [0.717, 1.165) is 46.1 Å². The van der Waals surface area contributed by atoms with E-state index in [1.807, 2.05) is 65.2 Å². The van der Waals surface area contributed by atoms with Crippen LogP contribution in [-0.4, -0.2) is 34.0 Å². The molecule has 0 aliphatic heterocycles. The third-order valence-corrected chi connectivity index (χ3v) is 7.07. The molecule has 3 heterocycles. The monoisotopic (exact) mass is 429 g/mol. The number of hydrogen-bond acceptors (Lipinski definition) is 4. The molecule has 0 spiro atoms. The van der Waals surface area contributed by atoms with Gasteiger partial charge in [-0.05, 0) is 48.4 Å². The van der Waals surface area contributed by atoms with Crippen molar-refractivity contribution in [3.05, 3.63) is 66.2 Å². The van der Waals surface area contributed by atoms with Gasteiger partial charge in [-0.3, -0.25) is 0 Å². The lowest BCUT2D eigenvalue weighted by Gasteiger charge is -2.15. The summed E-state index contributed by atoms with van der Waals surface area (Å²) < 4.78 is 9.80. The molecule has 0 radical (unpaired) electrons. The van der Waals surface area contributed by atoms with Crippen LogP contribution in [0.4, 0.5) is 0 Å². The Morgan fingerprint density at radius 1 is 1.16 bits per heavy atom. The van der Waals surface area contributed by atoms with E-state index in [1.54, 1.807) is 0 Å². The maximum atomic E-state index is 9.22. The molecule has 6 nitrogen and oxygen atoms in total. The molecule has 0 unspecified atom stereocenters. The van der Waals surface area contributed by atoms with E-state index >= 15 is 0 Å². The van der Waals surface area contributed by atoms with Gasteiger partial charge in [0.05, 0.1) is 23.5 Å². The van der Waals surface area contributed by atoms with Gasteiger partial charge < -0.3 is 9.30 Å². The molecule has 7 heteroatoms. The molecule has 0 N–H and O–H groups in total. The van der Waals surface area contributed by atoms with E-state index in [9.17, 15) is 5.26 Å². The quantitative estimate of drug-likeness (QED) is 0.292. The third-order valence-electron chi connectivity index (χ3n) is 5.37. The number of rotatable bonds is 7. The van der Waals surface area contributed by atoms with Crippen molar-refractivity contribution in [1.29, 1.82) is 5.26 Å². The van der Waals surface area contributed by atoms with Crippen LogP contribution in [0.3, 0.4) is 0 Å². The first-order chi connectivity index (χ1) is 14.9. The summed E-state index contributed by atoms with van der Waals surface area (Å²) in [6.07, 6.45) is 7.71. The van der Waals surface area contributed by atoms with Crippen LogP contribution < -0.4 is 0 Å². The molecule has 0 saturated carbocycles. The van der Waals surface area contributed by atoms with Crippen molar-refractivity contribution in [2.45, 2.75) is 39.3 Å². The van der Waals surface area contributed by atoms with Gasteiger partial charge in [0, 0.05) is 44.2 Å². The van der Waals surface area contributed by atoms with Crippen LogP contribution in [0.15, 0.2) is 55.1 Å². The normalized spacial score (nSPS) is 11.7. The fourth-order valence-electron chi connectivity index (χ4n) is 3.51. The van der Waals surface area contributed by atoms with Crippen LogP contribution in [0, 0.1) is 18.3 Å². The molecule has 0 atom stereocenters. The molecular weight excluding hydrogens is 402 g/mol. The van der Waals surface area contributed by atoms with Crippen molar-refractivity contribution >= 4 is 19.1 Å². The summed E-state index contributed by atoms with van der Waals surface area (Å²) in [5.74, 6) is 0. The van der Waals surface area contributed by atoms with E-state index in [0.29, 0.717) is 12.3 Å². The average Bonchev–Trinajstić information content (AvgIpc) is 3.38. The summed E-state index contributed by atoms with van der Waals surface area (Å²) in [6.45, 7) is 10.4. The van der Waals surface area contributed by atoms with Gasteiger partial charge in [-0.1, -0.05) is 25.7 Å². The molecule has 1 aromatic carbocycles. The lowest BCUT2D eigenvalue weighted by molar-refractivity contribution is 0.0899. The topological polar surface area (TPSA) is 68.7 Å². The Morgan fingerprint density at radius 2 is 2.00 bits per heavy atom. The number of hydrogen-bond donors (Lipinski definition) is 0. The molecule has 0 fully saturated rings. The summed E-state index contributed by atoms with van der Waals surface area (Å²) in [4.78, 5) is 4.58. The second-order valence-corrected chi connectivity index (χ2v) is 14.6. The summed E-state index contributed by atoms with van der Waals surface area (Å²) in [5.41, 5.74) is 5.58. The first-order valence-electron chi connectivity index (χ1n) is 10.4. The zero-order chi connectivity index (χ0) is 22.0. The van der Waals surface area contributed by atoms with E-state index < -0.39 is 8.07 Å². The number of ether oxygens (including phenoxy) is 1. The SMILES string of the molecule is Cc1ccc(C#N)cc1-n1cc(-c2ccnc3c2ccn3COCC[Si](C)(C)C)cn1. The van der Waals surface area contributed by atoms with Crippen molar-refractivity contribution in [2.24, 2.45) is 0 Å². The van der Waals surface area contributed by atoms with Crippen LogP contribution >= 0.6 is 0 Å². The molecule has 158 valence electrons. The van der Waals surface area contributed by atoms with Gasteiger partial charge in [-0.25, -0.2) is 9.67 Å². The first-order valence-corrected chi connectivity index (χ1v) is 14.1. The number of aromatic nitrogens is 4. The maximum absolute atomic E-state index is 9.22. The summed E-state index contributed by atoms with van der Waals surface area (Å²) in [7, 11) is -1.10. The van der Waals surface area contributed by atoms with Gasteiger partial charge in [-0.15, -0.1) is 0 Å². The molecule has 4 aromatic rings. The molecule has 0 amide bonds. The largest absolute Gasteiger partial charge is 0.361 e. The fraction of sp³-hybridized carbons (Fsp3) is 0.292. The highest BCUT2D eigenvalue weighted by Crippen LogP contribution is 2.29. The Kier molecular flexibility index (Phi) is 5.77. The Balaban J connectivity index is 1.60. The molecule has 0 aliphatic rings. The van der Waals surface area contributed by atoms with Crippen molar-refractivity contribution in [3.63, 3.8) is 0 Å². The second-order valence-electron chi connectivity index (χ2n) is 9.02. The third kappa shape index (κ3) is 4.60. The smallest absolute Gasteiger partial charge is 0.142 e. The maximum Gasteiger partial charge on any atom is 0.142 e. The lowest BCUT2D eigenvalue weighted by atomic mass is 10.1. The number of nitriles is 1. The highest BCUT2D eigenvalue weighted by molar-refractivity contribution is 6.76. The van der Waals surface area contributed by atoms with E-state index in [2.05, 4.69) is 41.9 Å². The average molecular weight is 430 g/mol. The molecule has 3 aromatic heterocycles. The Bertz CT molecular complexity index is 1260. The minimum Gasteiger partial charge on any atom is -0.361 e. The zero-order valence-corrected chi connectivity index (χ0v) is 19.5. The van der Waals surface area contributed by atoms with Crippen LogP contribution in [-0.2, 0) is 11.5 Å². The predicted molar refractivity (Wildman–Crippen MR) is 126 cm³/mol.